The molecule has 0 spiro atoms. The van der Waals surface area contributed by atoms with Gasteiger partial charge in [0.25, 0.3) is 0 Å². The molecule has 1 rings (SSSR count). The fourth-order valence-electron chi connectivity index (χ4n) is 1.10. The molecule has 0 aliphatic carbocycles. The molecule has 0 aliphatic heterocycles. The van der Waals surface area contributed by atoms with E-state index < -0.39 is 10.0 Å². The Kier molecular flexibility index (Phi) is 4.82. The van der Waals surface area contributed by atoms with E-state index in [9.17, 15) is 8.42 Å². The van der Waals surface area contributed by atoms with Gasteiger partial charge in [-0.3, -0.25) is 0 Å². The van der Waals surface area contributed by atoms with Gasteiger partial charge in [0, 0.05) is 19.9 Å². The number of aromatic nitrogens is 1. The molecule has 0 aliphatic rings. The fraction of sp³-hybridized carbons (Fsp3) is 0.444. The van der Waals surface area contributed by atoms with Gasteiger partial charge in [0.15, 0.2) is 5.82 Å². The third-order valence-corrected chi connectivity index (χ3v) is 3.62. The van der Waals surface area contributed by atoms with E-state index in [1.54, 1.807) is 6.92 Å². The Morgan fingerprint density at radius 2 is 2.29 bits per heavy atom. The molecule has 17 heavy (non-hydrogen) atoms. The summed E-state index contributed by atoms with van der Waals surface area (Å²) in [7, 11) is -2.13. The summed E-state index contributed by atoms with van der Waals surface area (Å²) in [5.74, 6) is 5.30. The first-order valence-corrected chi connectivity index (χ1v) is 6.43. The van der Waals surface area contributed by atoms with Crippen LogP contribution in [0.25, 0.3) is 0 Å². The molecular formula is C9H16N4O3S. The van der Waals surface area contributed by atoms with E-state index >= 15 is 0 Å². The van der Waals surface area contributed by atoms with E-state index in [-0.39, 0.29) is 23.4 Å². The van der Waals surface area contributed by atoms with Crippen molar-refractivity contribution in [3.63, 3.8) is 0 Å². The Hall–Kier alpha value is -1.22. The summed E-state index contributed by atoms with van der Waals surface area (Å²) >= 11 is 0. The van der Waals surface area contributed by atoms with Gasteiger partial charge in [0.1, 0.15) is 4.90 Å². The lowest BCUT2D eigenvalue weighted by Crippen LogP contribution is -2.32. The van der Waals surface area contributed by atoms with Crippen molar-refractivity contribution in [2.75, 3.05) is 19.1 Å². The minimum Gasteiger partial charge on any atom is -0.380 e. The lowest BCUT2D eigenvalue weighted by atomic mass is 10.4. The van der Waals surface area contributed by atoms with Crippen LogP contribution in [0, 0.1) is 0 Å². The number of nitrogen functional groups attached to an aromatic ring is 1. The zero-order valence-electron chi connectivity index (χ0n) is 9.67. The zero-order chi connectivity index (χ0) is 12.9. The summed E-state index contributed by atoms with van der Waals surface area (Å²) in [6.07, 6.45) is 1.24. The van der Waals surface area contributed by atoms with E-state index in [0.717, 1.165) is 0 Å². The van der Waals surface area contributed by atoms with E-state index in [4.69, 9.17) is 10.6 Å². The van der Waals surface area contributed by atoms with Gasteiger partial charge in [-0.2, -0.15) is 0 Å². The number of nitrogens with one attached hydrogen (secondary N) is 2. The Labute approximate surface area is 100 Å². The maximum absolute atomic E-state index is 11.9. The largest absolute Gasteiger partial charge is 0.380 e. The van der Waals surface area contributed by atoms with Gasteiger partial charge < -0.3 is 10.2 Å². The van der Waals surface area contributed by atoms with Crippen molar-refractivity contribution in [2.24, 2.45) is 5.84 Å². The standard InChI is InChI=1S/C9H16N4O3S/c1-7(16-2)6-12-17(14,15)8-4-3-5-11-9(8)13-10/h3-5,7,12H,6,10H2,1-2H3,(H,11,13). The highest BCUT2D eigenvalue weighted by atomic mass is 32.2. The number of hydrogen-bond donors (Lipinski definition) is 3. The summed E-state index contributed by atoms with van der Waals surface area (Å²) in [4.78, 5) is 3.83. The number of sulfonamides is 1. The number of ether oxygens (including phenoxy) is 1. The first-order chi connectivity index (χ1) is 8.01. The molecule has 0 aromatic carbocycles. The van der Waals surface area contributed by atoms with Crippen LogP contribution in [0.5, 0.6) is 0 Å². The van der Waals surface area contributed by atoms with Crippen LogP contribution in [0.15, 0.2) is 23.2 Å². The molecule has 1 heterocycles. The Morgan fingerprint density at radius 3 is 2.88 bits per heavy atom. The normalized spacial score (nSPS) is 13.4. The highest BCUT2D eigenvalue weighted by Crippen LogP contribution is 2.16. The smallest absolute Gasteiger partial charge is 0.244 e. The Bertz CT molecular complexity index is 463. The van der Waals surface area contributed by atoms with Crippen LogP contribution in [0.3, 0.4) is 0 Å². The quantitative estimate of drug-likeness (QED) is 0.478. The zero-order valence-corrected chi connectivity index (χ0v) is 10.5. The first-order valence-electron chi connectivity index (χ1n) is 4.95. The summed E-state index contributed by atoms with van der Waals surface area (Å²) in [6.45, 7) is 1.94. The maximum Gasteiger partial charge on any atom is 0.244 e. The van der Waals surface area contributed by atoms with Crippen molar-refractivity contribution in [2.45, 2.75) is 17.9 Å². The average molecular weight is 260 g/mol. The molecular weight excluding hydrogens is 244 g/mol. The molecule has 0 radical (unpaired) electrons. The maximum atomic E-state index is 11.9. The predicted octanol–water partition coefficient (Wildman–Crippen LogP) is -0.320. The molecule has 1 atom stereocenters. The third-order valence-electron chi connectivity index (χ3n) is 2.16. The van der Waals surface area contributed by atoms with Crippen LogP contribution < -0.4 is 16.0 Å². The number of pyridine rings is 1. The second kappa shape index (κ2) is 5.92. The van der Waals surface area contributed by atoms with Gasteiger partial charge in [-0.05, 0) is 19.1 Å². The van der Waals surface area contributed by atoms with Crippen molar-refractivity contribution in [1.82, 2.24) is 9.71 Å². The average Bonchev–Trinajstić information content (AvgIpc) is 2.35. The summed E-state index contributed by atoms with van der Waals surface area (Å²) in [6, 6.07) is 2.94. The minimum absolute atomic E-state index is 0.00537. The molecule has 7 nitrogen and oxygen atoms in total. The van der Waals surface area contributed by atoms with Crippen LogP contribution in [-0.4, -0.2) is 33.2 Å². The summed E-state index contributed by atoms with van der Waals surface area (Å²) in [5, 5.41) is 0. The van der Waals surface area contributed by atoms with Crippen LogP contribution in [0.2, 0.25) is 0 Å². The summed E-state index contributed by atoms with van der Waals surface area (Å²) in [5.41, 5.74) is 2.24. The highest BCUT2D eigenvalue weighted by Gasteiger charge is 2.19. The van der Waals surface area contributed by atoms with Crippen molar-refractivity contribution in [3.05, 3.63) is 18.3 Å². The second-order valence-electron chi connectivity index (χ2n) is 3.39. The monoisotopic (exact) mass is 260 g/mol. The molecule has 96 valence electrons. The molecule has 8 heteroatoms. The van der Waals surface area contributed by atoms with Gasteiger partial charge >= 0.3 is 0 Å². The number of hydrogen-bond acceptors (Lipinski definition) is 6. The highest BCUT2D eigenvalue weighted by molar-refractivity contribution is 7.89. The van der Waals surface area contributed by atoms with Crippen molar-refractivity contribution < 1.29 is 13.2 Å². The van der Waals surface area contributed by atoms with Gasteiger partial charge in [-0.25, -0.2) is 24.0 Å². The Balaban J connectivity index is 2.89. The number of methoxy groups -OCH3 is 1. The van der Waals surface area contributed by atoms with Crippen molar-refractivity contribution in [1.29, 1.82) is 0 Å². The van der Waals surface area contributed by atoms with E-state index in [2.05, 4.69) is 15.1 Å². The molecule has 0 saturated carbocycles. The second-order valence-corrected chi connectivity index (χ2v) is 5.13. The van der Waals surface area contributed by atoms with Gasteiger partial charge in [0.05, 0.1) is 6.10 Å². The number of nitrogens with zero attached hydrogens (tertiary/aromatic N) is 1. The van der Waals surface area contributed by atoms with Crippen LogP contribution in [-0.2, 0) is 14.8 Å². The van der Waals surface area contributed by atoms with Crippen LogP contribution in [0.4, 0.5) is 5.82 Å². The Morgan fingerprint density at radius 1 is 1.59 bits per heavy atom. The van der Waals surface area contributed by atoms with Crippen molar-refractivity contribution >= 4 is 15.8 Å². The molecule has 4 N–H and O–H groups in total. The van der Waals surface area contributed by atoms with Gasteiger partial charge in [0.2, 0.25) is 10.0 Å². The van der Waals surface area contributed by atoms with Gasteiger partial charge in [-0.1, -0.05) is 0 Å². The predicted molar refractivity (Wildman–Crippen MR) is 63.7 cm³/mol. The van der Waals surface area contributed by atoms with Crippen LogP contribution >= 0.6 is 0 Å². The minimum atomic E-state index is -3.64. The third kappa shape index (κ3) is 3.63. The van der Waals surface area contributed by atoms with E-state index in [1.165, 1.54) is 25.4 Å². The van der Waals surface area contributed by atoms with E-state index in [0.29, 0.717) is 0 Å². The molecule has 1 aromatic rings. The molecule has 0 amide bonds. The summed E-state index contributed by atoms with van der Waals surface area (Å²) < 4.78 is 31.2. The molecule has 0 saturated heterocycles. The molecule has 0 fully saturated rings. The topological polar surface area (TPSA) is 106 Å². The lowest BCUT2D eigenvalue weighted by Gasteiger charge is -2.12. The SMILES string of the molecule is COC(C)CNS(=O)(=O)c1cccnc1NN. The van der Waals surface area contributed by atoms with Gasteiger partial charge in [-0.15, -0.1) is 0 Å². The lowest BCUT2D eigenvalue weighted by molar-refractivity contribution is 0.122. The molecule has 1 unspecified atom stereocenters. The molecule has 0 bridgehead atoms. The first kappa shape index (κ1) is 13.8. The fourth-order valence-corrected chi connectivity index (χ4v) is 2.34. The number of anilines is 1. The van der Waals surface area contributed by atoms with Crippen LogP contribution in [0.1, 0.15) is 6.92 Å². The van der Waals surface area contributed by atoms with E-state index in [1.807, 2.05) is 0 Å². The van der Waals surface area contributed by atoms with Crippen molar-refractivity contribution in [3.8, 4) is 0 Å². The number of hydrazine groups is 1. The number of nitrogens with two attached hydrogens (primary N) is 1. The number of rotatable bonds is 6. The molecule has 1 aromatic heterocycles.